The first-order valence-corrected chi connectivity index (χ1v) is 8.70. The Bertz CT molecular complexity index is 471. The van der Waals surface area contributed by atoms with E-state index in [1.54, 1.807) is 0 Å². The zero-order valence-corrected chi connectivity index (χ0v) is 13.4. The van der Waals surface area contributed by atoms with Gasteiger partial charge in [-0.3, -0.25) is 9.59 Å². The molecule has 0 spiro atoms. The molecule has 2 aliphatic carbocycles. The molecule has 128 valence electrons. The zero-order valence-electron chi connectivity index (χ0n) is 13.4. The molecule has 3 N–H and O–H groups in total. The number of carbonyl (C=O) groups is 2. The molecule has 3 atom stereocenters. The molecule has 0 aromatic rings. The summed E-state index contributed by atoms with van der Waals surface area (Å²) in [5, 5.41) is 15.4. The van der Waals surface area contributed by atoms with E-state index in [-0.39, 0.29) is 42.9 Å². The zero-order chi connectivity index (χ0) is 16.2. The number of amides is 2. The van der Waals surface area contributed by atoms with Crippen LogP contribution < -0.4 is 10.6 Å². The minimum absolute atomic E-state index is 0.0157. The van der Waals surface area contributed by atoms with Gasteiger partial charge in [-0.25, -0.2) is 0 Å². The van der Waals surface area contributed by atoms with E-state index in [4.69, 9.17) is 4.74 Å². The molecule has 1 aliphatic heterocycles. The van der Waals surface area contributed by atoms with E-state index in [9.17, 15) is 14.7 Å². The van der Waals surface area contributed by atoms with Crippen molar-refractivity contribution in [2.75, 3.05) is 6.61 Å². The Morgan fingerprint density at radius 3 is 2.39 bits per heavy atom. The highest BCUT2D eigenvalue weighted by atomic mass is 16.5. The van der Waals surface area contributed by atoms with E-state index in [1.165, 1.54) is 6.42 Å². The summed E-state index contributed by atoms with van der Waals surface area (Å²) in [4.78, 5) is 24.0. The van der Waals surface area contributed by atoms with E-state index in [0.29, 0.717) is 6.04 Å². The van der Waals surface area contributed by atoms with E-state index in [2.05, 4.69) is 10.6 Å². The molecule has 2 amide bonds. The summed E-state index contributed by atoms with van der Waals surface area (Å²) in [6, 6.07) is -0.00253. The Balaban J connectivity index is 1.49. The maximum atomic E-state index is 12.0. The maximum Gasteiger partial charge on any atom is 0.223 e. The lowest BCUT2D eigenvalue weighted by Gasteiger charge is -2.34. The van der Waals surface area contributed by atoms with Gasteiger partial charge in [-0.2, -0.15) is 0 Å². The number of rotatable bonds is 6. The van der Waals surface area contributed by atoms with Gasteiger partial charge in [0.25, 0.3) is 0 Å². The summed E-state index contributed by atoms with van der Waals surface area (Å²) in [5.41, 5.74) is 0. The summed E-state index contributed by atoms with van der Waals surface area (Å²) >= 11 is 0. The molecular formula is C17H26N2O4. The van der Waals surface area contributed by atoms with Crippen molar-refractivity contribution >= 4 is 11.8 Å². The van der Waals surface area contributed by atoms with Crippen molar-refractivity contribution in [3.8, 4) is 0 Å². The summed E-state index contributed by atoms with van der Waals surface area (Å²) in [7, 11) is 0. The van der Waals surface area contributed by atoms with Gasteiger partial charge < -0.3 is 20.5 Å². The van der Waals surface area contributed by atoms with Crippen LogP contribution in [0.15, 0.2) is 12.2 Å². The molecule has 2 saturated carbocycles. The van der Waals surface area contributed by atoms with Crippen LogP contribution in [0.3, 0.4) is 0 Å². The van der Waals surface area contributed by atoms with Crippen LogP contribution in [0.25, 0.3) is 0 Å². The molecular weight excluding hydrogens is 296 g/mol. The third-order valence-corrected chi connectivity index (χ3v) is 5.10. The lowest BCUT2D eigenvalue weighted by atomic mass is 9.84. The molecule has 0 saturated heterocycles. The lowest BCUT2D eigenvalue weighted by molar-refractivity contribution is -0.132. The van der Waals surface area contributed by atoms with Gasteiger partial charge in [0.15, 0.2) is 0 Å². The fourth-order valence-electron chi connectivity index (χ4n) is 3.11. The van der Waals surface area contributed by atoms with Crippen LogP contribution in [-0.2, 0) is 14.3 Å². The van der Waals surface area contributed by atoms with Gasteiger partial charge in [-0.05, 0) is 32.1 Å². The van der Waals surface area contributed by atoms with Gasteiger partial charge in [0.2, 0.25) is 11.8 Å². The van der Waals surface area contributed by atoms with E-state index >= 15 is 0 Å². The number of carbonyl (C=O) groups excluding carboxylic acids is 2. The number of aliphatic hydroxyl groups is 1. The van der Waals surface area contributed by atoms with E-state index < -0.39 is 6.10 Å². The Morgan fingerprint density at radius 1 is 1.09 bits per heavy atom. The number of hydrogen-bond donors (Lipinski definition) is 3. The molecule has 6 nitrogen and oxygen atoms in total. The van der Waals surface area contributed by atoms with Crippen LogP contribution >= 0.6 is 0 Å². The molecule has 6 heteroatoms. The number of aliphatic hydroxyl groups excluding tert-OH is 1. The second-order valence-electron chi connectivity index (χ2n) is 6.84. The highest BCUT2D eigenvalue weighted by Gasteiger charge is 2.32. The first-order chi connectivity index (χ1) is 11.2. The highest BCUT2D eigenvalue weighted by Crippen LogP contribution is 2.27. The molecule has 0 aromatic carbocycles. The number of ether oxygens (including phenoxy) is 1. The van der Waals surface area contributed by atoms with Crippen molar-refractivity contribution in [1.29, 1.82) is 0 Å². The smallest absolute Gasteiger partial charge is 0.223 e. The average molecular weight is 322 g/mol. The van der Waals surface area contributed by atoms with Gasteiger partial charge in [0, 0.05) is 12.0 Å². The largest absolute Gasteiger partial charge is 0.394 e. The van der Waals surface area contributed by atoms with Crippen LogP contribution in [0.4, 0.5) is 0 Å². The van der Waals surface area contributed by atoms with Gasteiger partial charge >= 0.3 is 0 Å². The molecule has 23 heavy (non-hydrogen) atoms. The fraction of sp³-hybridized carbons (Fsp3) is 0.765. The third-order valence-electron chi connectivity index (χ3n) is 5.10. The van der Waals surface area contributed by atoms with Crippen molar-refractivity contribution in [3.05, 3.63) is 12.2 Å². The molecule has 0 radical (unpaired) electrons. The van der Waals surface area contributed by atoms with Gasteiger partial charge in [-0.15, -0.1) is 0 Å². The van der Waals surface area contributed by atoms with Gasteiger partial charge in [0.05, 0.1) is 25.2 Å². The Hall–Kier alpha value is -1.40. The molecule has 1 heterocycles. The van der Waals surface area contributed by atoms with Crippen molar-refractivity contribution in [2.45, 2.75) is 69.2 Å². The summed E-state index contributed by atoms with van der Waals surface area (Å²) in [5.74, 6) is 0.126. The lowest BCUT2D eigenvalue weighted by Crippen LogP contribution is -2.51. The number of nitrogens with one attached hydrogen (secondary N) is 2. The van der Waals surface area contributed by atoms with Crippen molar-refractivity contribution in [2.24, 2.45) is 5.92 Å². The third kappa shape index (κ3) is 4.12. The Labute approximate surface area is 136 Å². The molecule has 3 rings (SSSR count). The van der Waals surface area contributed by atoms with Gasteiger partial charge in [-0.1, -0.05) is 18.6 Å². The second kappa shape index (κ2) is 7.45. The maximum absolute atomic E-state index is 12.0. The van der Waals surface area contributed by atoms with Gasteiger partial charge in [0.1, 0.15) is 6.10 Å². The predicted molar refractivity (Wildman–Crippen MR) is 84.6 cm³/mol. The predicted octanol–water partition coefficient (Wildman–Crippen LogP) is 0.646. The van der Waals surface area contributed by atoms with Crippen molar-refractivity contribution in [1.82, 2.24) is 10.6 Å². The van der Waals surface area contributed by atoms with Crippen LogP contribution in [0, 0.1) is 5.92 Å². The van der Waals surface area contributed by atoms with E-state index in [1.807, 2.05) is 12.2 Å². The summed E-state index contributed by atoms with van der Waals surface area (Å²) in [6.07, 6.45) is 9.37. The molecule has 3 aliphatic rings. The quantitative estimate of drug-likeness (QED) is 0.627. The molecule has 0 aromatic heterocycles. The first-order valence-electron chi connectivity index (χ1n) is 8.70. The monoisotopic (exact) mass is 322 g/mol. The van der Waals surface area contributed by atoms with Crippen LogP contribution in [0.5, 0.6) is 0 Å². The minimum atomic E-state index is -0.495. The second-order valence-corrected chi connectivity index (χ2v) is 6.84. The molecule has 0 bridgehead atoms. The topological polar surface area (TPSA) is 87.7 Å². The summed E-state index contributed by atoms with van der Waals surface area (Å²) in [6.45, 7) is -0.180. The fourth-order valence-corrected chi connectivity index (χ4v) is 3.11. The number of hydrogen-bond acceptors (Lipinski definition) is 4. The summed E-state index contributed by atoms with van der Waals surface area (Å²) < 4.78 is 5.77. The first kappa shape index (κ1) is 16.5. The van der Waals surface area contributed by atoms with Crippen LogP contribution in [-0.4, -0.2) is 47.8 Å². The Morgan fingerprint density at radius 2 is 1.83 bits per heavy atom. The highest BCUT2D eigenvalue weighted by molar-refractivity contribution is 5.80. The standard InChI is InChI=1S/C17H26N2O4/c20-10-15-14(19-17(22)11-3-1-4-11)8-7-13(23-15)9-16(21)18-12-5-2-6-12/h7-8,11-15,20H,1-6,9-10H2,(H,18,21)(H,19,22)/t13-,14-,15-/m0/s1. The molecule has 0 unspecified atom stereocenters. The average Bonchev–Trinajstić information content (AvgIpc) is 2.42. The van der Waals surface area contributed by atoms with Crippen LogP contribution in [0.1, 0.15) is 44.9 Å². The SMILES string of the molecule is O=C(C[C@@H]1C=C[C@H](NC(=O)C2CCC2)[C@H](CO)O1)NC1CCC1. The van der Waals surface area contributed by atoms with Crippen LogP contribution in [0.2, 0.25) is 0 Å². The van der Waals surface area contributed by atoms with E-state index in [0.717, 1.165) is 32.1 Å². The van der Waals surface area contributed by atoms with Crippen molar-refractivity contribution < 1.29 is 19.4 Å². The van der Waals surface area contributed by atoms with Crippen molar-refractivity contribution in [3.63, 3.8) is 0 Å². The molecule has 2 fully saturated rings. The minimum Gasteiger partial charge on any atom is -0.394 e. The normalized spacial score (nSPS) is 31.1. The Kier molecular flexibility index (Phi) is 5.33.